The van der Waals surface area contributed by atoms with Crippen LogP contribution in [0.4, 0.5) is 0 Å². The van der Waals surface area contributed by atoms with Crippen molar-refractivity contribution < 1.29 is 14.3 Å². The van der Waals surface area contributed by atoms with E-state index in [2.05, 4.69) is 15.6 Å². The molecule has 1 aromatic heterocycles. The van der Waals surface area contributed by atoms with Crippen molar-refractivity contribution in [2.24, 2.45) is 5.92 Å². The van der Waals surface area contributed by atoms with E-state index in [1.165, 1.54) is 0 Å². The molecular weight excluding hydrogens is 326 g/mol. The molecule has 0 spiro atoms. The van der Waals surface area contributed by atoms with Gasteiger partial charge in [0.15, 0.2) is 0 Å². The summed E-state index contributed by atoms with van der Waals surface area (Å²) >= 11 is 1.58. The molecule has 24 heavy (non-hydrogen) atoms. The highest BCUT2D eigenvalue weighted by atomic mass is 32.1. The molecule has 0 bridgehead atoms. The summed E-state index contributed by atoms with van der Waals surface area (Å²) in [5.74, 6) is 0.177. The van der Waals surface area contributed by atoms with Gasteiger partial charge in [0, 0.05) is 36.7 Å². The zero-order valence-electron chi connectivity index (χ0n) is 14.0. The molecule has 0 radical (unpaired) electrons. The molecule has 1 heterocycles. The summed E-state index contributed by atoms with van der Waals surface area (Å²) in [4.78, 5) is 29.4. The van der Waals surface area contributed by atoms with E-state index in [4.69, 9.17) is 4.74 Å². The lowest BCUT2D eigenvalue weighted by Crippen LogP contribution is -2.55. The van der Waals surface area contributed by atoms with Crippen molar-refractivity contribution in [3.8, 4) is 0 Å². The summed E-state index contributed by atoms with van der Waals surface area (Å²) in [7, 11) is 1.68. The lowest BCUT2D eigenvalue weighted by molar-refractivity contribution is -0.129. The minimum Gasteiger partial charge on any atom is -0.381 e. The Kier molecular flexibility index (Phi) is 5.84. The first kappa shape index (κ1) is 17.4. The third kappa shape index (κ3) is 4.33. The molecule has 132 valence electrons. The number of hydrogen-bond acceptors (Lipinski definition) is 5. The second-order valence-electron chi connectivity index (χ2n) is 6.72. The predicted molar refractivity (Wildman–Crippen MR) is 91.7 cm³/mol. The Morgan fingerprint density at radius 1 is 1.29 bits per heavy atom. The van der Waals surface area contributed by atoms with Crippen molar-refractivity contribution >= 4 is 23.2 Å². The number of nitrogens with zero attached hydrogens (tertiary/aromatic N) is 1. The van der Waals surface area contributed by atoms with Crippen LogP contribution in [0, 0.1) is 5.92 Å². The zero-order chi connectivity index (χ0) is 16.9. The largest absolute Gasteiger partial charge is 0.381 e. The maximum absolute atomic E-state index is 12.3. The molecular formula is C17H25N3O3S. The number of aryl methyl sites for hydroxylation is 1. The van der Waals surface area contributed by atoms with Gasteiger partial charge in [0.2, 0.25) is 11.8 Å². The number of hydrogen-bond donors (Lipinski definition) is 2. The number of ether oxygens (including phenoxy) is 1. The topological polar surface area (TPSA) is 80.3 Å². The first-order valence-corrected chi connectivity index (χ1v) is 9.53. The van der Waals surface area contributed by atoms with Crippen LogP contribution in [0.25, 0.3) is 0 Å². The molecule has 0 saturated heterocycles. The molecule has 0 aromatic carbocycles. The van der Waals surface area contributed by atoms with Gasteiger partial charge in [0.05, 0.1) is 17.5 Å². The molecule has 2 saturated carbocycles. The molecule has 2 N–H and O–H groups in total. The van der Waals surface area contributed by atoms with Crippen LogP contribution in [-0.4, -0.2) is 42.1 Å². The number of amides is 2. The number of thiazole rings is 1. The summed E-state index contributed by atoms with van der Waals surface area (Å²) in [6, 6.07) is 0.369. The fourth-order valence-corrected chi connectivity index (χ4v) is 4.17. The van der Waals surface area contributed by atoms with Crippen LogP contribution in [0.1, 0.15) is 43.4 Å². The van der Waals surface area contributed by atoms with E-state index >= 15 is 0 Å². The maximum Gasteiger partial charge on any atom is 0.225 e. The average Bonchev–Trinajstić information content (AvgIpc) is 3.21. The normalized spacial score (nSPS) is 29.0. The van der Waals surface area contributed by atoms with Gasteiger partial charge in [0.25, 0.3) is 0 Å². The highest BCUT2D eigenvalue weighted by molar-refractivity contribution is 7.09. The van der Waals surface area contributed by atoms with Crippen molar-refractivity contribution in [1.29, 1.82) is 0 Å². The first-order chi connectivity index (χ1) is 11.7. The van der Waals surface area contributed by atoms with Gasteiger partial charge in [0.1, 0.15) is 0 Å². The molecule has 2 amide bonds. The lowest BCUT2D eigenvalue weighted by atomic mass is 9.86. The van der Waals surface area contributed by atoms with E-state index in [9.17, 15) is 9.59 Å². The van der Waals surface area contributed by atoms with Gasteiger partial charge in [-0.1, -0.05) is 0 Å². The van der Waals surface area contributed by atoms with Gasteiger partial charge in [-0.05, 0) is 38.5 Å². The third-order valence-electron chi connectivity index (χ3n) is 5.02. The smallest absolute Gasteiger partial charge is 0.225 e. The fourth-order valence-electron chi connectivity index (χ4n) is 3.57. The van der Waals surface area contributed by atoms with Crippen LogP contribution in [0.15, 0.2) is 11.7 Å². The molecule has 2 aliphatic carbocycles. The Morgan fingerprint density at radius 2 is 2.08 bits per heavy atom. The van der Waals surface area contributed by atoms with Crippen molar-refractivity contribution in [3.63, 3.8) is 0 Å². The maximum atomic E-state index is 12.3. The highest BCUT2D eigenvalue weighted by Crippen LogP contribution is 2.29. The molecule has 2 fully saturated rings. The Morgan fingerprint density at radius 3 is 2.79 bits per heavy atom. The summed E-state index contributed by atoms with van der Waals surface area (Å²) < 4.78 is 5.39. The van der Waals surface area contributed by atoms with Crippen LogP contribution in [0.3, 0.4) is 0 Å². The highest BCUT2D eigenvalue weighted by Gasteiger charge is 2.37. The number of aromatic nitrogens is 1. The van der Waals surface area contributed by atoms with E-state index in [0.29, 0.717) is 6.42 Å². The van der Waals surface area contributed by atoms with Gasteiger partial charge in [-0.25, -0.2) is 0 Å². The van der Waals surface area contributed by atoms with Gasteiger partial charge in [-0.15, -0.1) is 11.3 Å². The van der Waals surface area contributed by atoms with Crippen molar-refractivity contribution in [3.05, 3.63) is 16.6 Å². The Hall–Kier alpha value is -1.47. The standard InChI is InChI=1S/C17H25N3O3S/c1-23-15-4-2-3-14(15)17(22)20-12-7-11(8-12)19-16(21)6-5-13-9-18-10-24-13/h9-12,14-15H,2-8H2,1H3,(H,19,21)(H,20,22). The summed E-state index contributed by atoms with van der Waals surface area (Å²) in [5.41, 5.74) is 1.78. The van der Waals surface area contributed by atoms with Gasteiger partial charge in [-0.3, -0.25) is 14.6 Å². The van der Waals surface area contributed by atoms with Gasteiger partial charge >= 0.3 is 0 Å². The first-order valence-electron chi connectivity index (χ1n) is 8.65. The van der Waals surface area contributed by atoms with Gasteiger partial charge in [-0.2, -0.15) is 0 Å². The van der Waals surface area contributed by atoms with E-state index in [1.54, 1.807) is 24.0 Å². The van der Waals surface area contributed by atoms with E-state index in [-0.39, 0.29) is 35.9 Å². The van der Waals surface area contributed by atoms with Crippen molar-refractivity contribution in [1.82, 2.24) is 15.6 Å². The third-order valence-corrected chi connectivity index (χ3v) is 5.86. The summed E-state index contributed by atoms with van der Waals surface area (Å²) in [6.45, 7) is 0. The lowest BCUT2D eigenvalue weighted by Gasteiger charge is -2.37. The number of rotatable bonds is 7. The van der Waals surface area contributed by atoms with E-state index in [0.717, 1.165) is 43.4 Å². The van der Waals surface area contributed by atoms with Crippen LogP contribution < -0.4 is 10.6 Å². The molecule has 2 unspecified atom stereocenters. The Balaban J connectivity index is 1.32. The molecule has 3 rings (SSSR count). The molecule has 2 atom stereocenters. The number of carbonyl (C=O) groups excluding carboxylic acids is 2. The van der Waals surface area contributed by atoms with Crippen LogP contribution >= 0.6 is 11.3 Å². The van der Waals surface area contributed by atoms with Crippen molar-refractivity contribution in [2.45, 2.75) is 63.1 Å². The molecule has 6 nitrogen and oxygen atoms in total. The van der Waals surface area contributed by atoms with Crippen molar-refractivity contribution in [2.75, 3.05) is 7.11 Å². The monoisotopic (exact) mass is 351 g/mol. The SMILES string of the molecule is COC1CCCC1C(=O)NC1CC(NC(=O)CCc2cncs2)C1. The predicted octanol–water partition coefficient (Wildman–Crippen LogP) is 1.65. The second-order valence-corrected chi connectivity index (χ2v) is 7.69. The van der Waals surface area contributed by atoms with E-state index < -0.39 is 0 Å². The Bertz CT molecular complexity index is 557. The number of methoxy groups -OCH3 is 1. The summed E-state index contributed by atoms with van der Waals surface area (Å²) in [6.07, 6.45) is 7.68. The fraction of sp³-hybridized carbons (Fsp3) is 0.706. The molecule has 2 aliphatic rings. The summed E-state index contributed by atoms with van der Waals surface area (Å²) in [5, 5.41) is 6.14. The molecule has 0 aliphatic heterocycles. The number of carbonyl (C=O) groups is 2. The van der Waals surface area contributed by atoms with Crippen LogP contribution in [-0.2, 0) is 20.7 Å². The quantitative estimate of drug-likeness (QED) is 0.783. The molecule has 1 aromatic rings. The second kappa shape index (κ2) is 8.07. The van der Waals surface area contributed by atoms with E-state index in [1.807, 2.05) is 6.20 Å². The van der Waals surface area contributed by atoms with Crippen LogP contribution in [0.5, 0.6) is 0 Å². The number of nitrogens with one attached hydrogen (secondary N) is 2. The minimum absolute atomic E-state index is 0.0111. The zero-order valence-corrected chi connectivity index (χ0v) is 14.8. The van der Waals surface area contributed by atoms with Gasteiger partial charge < -0.3 is 15.4 Å². The average molecular weight is 351 g/mol. The van der Waals surface area contributed by atoms with Crippen LogP contribution in [0.2, 0.25) is 0 Å². The molecule has 7 heteroatoms. The minimum atomic E-state index is -0.0111. The Labute approximate surface area is 146 Å².